The van der Waals surface area contributed by atoms with Gasteiger partial charge in [-0.15, -0.1) is 0 Å². The maximum absolute atomic E-state index is 12.3. The molecule has 9 heteroatoms. The van der Waals surface area contributed by atoms with Crippen LogP contribution < -0.4 is 16.0 Å². The lowest BCUT2D eigenvalue weighted by Gasteiger charge is -2.10. The van der Waals surface area contributed by atoms with Crippen molar-refractivity contribution < 1.29 is 8.42 Å². The molecule has 0 spiro atoms. The van der Waals surface area contributed by atoms with Crippen molar-refractivity contribution in [2.75, 3.05) is 10.1 Å². The van der Waals surface area contributed by atoms with Crippen molar-refractivity contribution in [2.24, 2.45) is 5.84 Å². The van der Waals surface area contributed by atoms with Crippen LogP contribution in [0.2, 0.25) is 5.02 Å². The molecule has 6 nitrogen and oxygen atoms in total. The van der Waals surface area contributed by atoms with Crippen LogP contribution in [-0.2, 0) is 10.0 Å². The summed E-state index contributed by atoms with van der Waals surface area (Å²) in [7, 11) is -3.76. The molecule has 0 aliphatic carbocycles. The number of hydrogen-bond acceptors (Lipinski definition) is 5. The average Bonchev–Trinajstić information content (AvgIpc) is 2.43. The molecule has 0 aliphatic heterocycles. The average molecular weight is 378 g/mol. The van der Waals surface area contributed by atoms with E-state index in [-0.39, 0.29) is 10.7 Å². The number of nitrogens with one attached hydrogen (secondary N) is 2. The zero-order valence-electron chi connectivity index (χ0n) is 9.97. The van der Waals surface area contributed by atoms with E-state index < -0.39 is 10.0 Å². The van der Waals surface area contributed by atoms with Gasteiger partial charge in [0.1, 0.15) is 5.82 Å². The van der Waals surface area contributed by atoms with E-state index in [2.05, 4.69) is 31.1 Å². The third-order valence-corrected chi connectivity index (χ3v) is 4.65. The zero-order chi connectivity index (χ0) is 14.8. The van der Waals surface area contributed by atoms with E-state index in [1.165, 1.54) is 24.4 Å². The Morgan fingerprint density at radius 3 is 2.70 bits per heavy atom. The van der Waals surface area contributed by atoms with Gasteiger partial charge in [-0.05, 0) is 40.2 Å². The second-order valence-corrected chi connectivity index (χ2v) is 6.72. The number of sulfonamides is 1. The Balaban J connectivity index is 2.38. The van der Waals surface area contributed by atoms with Crippen LogP contribution in [0.4, 0.5) is 11.5 Å². The number of anilines is 2. The smallest absolute Gasteiger partial charge is 0.262 e. The third-order valence-electron chi connectivity index (χ3n) is 2.36. The number of hydrazine groups is 1. The highest BCUT2D eigenvalue weighted by Gasteiger charge is 2.16. The van der Waals surface area contributed by atoms with Crippen LogP contribution in [0.15, 0.2) is 45.9 Å². The summed E-state index contributed by atoms with van der Waals surface area (Å²) in [5.74, 6) is 5.45. The summed E-state index contributed by atoms with van der Waals surface area (Å²) in [5.41, 5.74) is 2.63. The first-order chi connectivity index (χ1) is 9.42. The first-order valence-corrected chi connectivity index (χ1v) is 7.98. The van der Waals surface area contributed by atoms with Crippen molar-refractivity contribution in [3.8, 4) is 0 Å². The standard InChI is InChI=1S/C11H10BrClN4O2S/c12-9-2-1-7(13)5-10(9)17-20(18,19)8-3-4-15-11(6-8)16-14/h1-6,17H,14H2,(H,15,16). The second-order valence-electron chi connectivity index (χ2n) is 3.75. The normalized spacial score (nSPS) is 11.2. The lowest BCUT2D eigenvalue weighted by atomic mass is 10.3. The van der Waals surface area contributed by atoms with Gasteiger partial charge in [-0.3, -0.25) is 4.72 Å². The van der Waals surface area contributed by atoms with E-state index in [1.807, 2.05) is 0 Å². The first kappa shape index (κ1) is 15.0. The number of nitrogens with zero attached hydrogens (tertiary/aromatic N) is 1. The number of pyridine rings is 1. The van der Waals surface area contributed by atoms with Crippen LogP contribution in [0.5, 0.6) is 0 Å². The highest BCUT2D eigenvalue weighted by atomic mass is 79.9. The lowest BCUT2D eigenvalue weighted by molar-refractivity contribution is 0.601. The van der Waals surface area contributed by atoms with E-state index in [4.69, 9.17) is 17.4 Å². The Morgan fingerprint density at radius 2 is 2.00 bits per heavy atom. The summed E-state index contributed by atoms with van der Waals surface area (Å²) in [6.45, 7) is 0. The van der Waals surface area contributed by atoms with Crippen LogP contribution in [-0.4, -0.2) is 13.4 Å². The van der Waals surface area contributed by atoms with Gasteiger partial charge < -0.3 is 5.43 Å². The Bertz CT molecular complexity index is 739. The van der Waals surface area contributed by atoms with Crippen LogP contribution >= 0.6 is 27.5 Å². The Hall–Kier alpha value is -1.35. The van der Waals surface area contributed by atoms with Crippen molar-refractivity contribution in [2.45, 2.75) is 4.90 Å². The van der Waals surface area contributed by atoms with E-state index in [0.717, 1.165) is 0 Å². The summed E-state index contributed by atoms with van der Waals surface area (Å²) in [6.07, 6.45) is 1.34. The quantitative estimate of drug-likeness (QED) is 0.562. The summed E-state index contributed by atoms with van der Waals surface area (Å²) in [5, 5.41) is 0.421. The van der Waals surface area contributed by atoms with E-state index in [0.29, 0.717) is 15.2 Å². The molecule has 0 amide bonds. The Kier molecular flexibility index (Phi) is 4.48. The van der Waals surface area contributed by atoms with Crippen LogP contribution in [0.25, 0.3) is 0 Å². The van der Waals surface area contributed by atoms with Gasteiger partial charge in [0.15, 0.2) is 0 Å². The monoisotopic (exact) mass is 376 g/mol. The topological polar surface area (TPSA) is 97.1 Å². The molecule has 1 aromatic heterocycles. The molecule has 1 aromatic carbocycles. The first-order valence-electron chi connectivity index (χ1n) is 5.33. The van der Waals surface area contributed by atoms with E-state index in [9.17, 15) is 8.42 Å². The molecule has 0 saturated heterocycles. The molecular weight excluding hydrogens is 368 g/mol. The van der Waals surface area contributed by atoms with Gasteiger partial charge in [0.05, 0.1) is 10.6 Å². The van der Waals surface area contributed by atoms with Gasteiger partial charge in [-0.25, -0.2) is 19.2 Å². The Labute approximate surface area is 129 Å². The summed E-state index contributed by atoms with van der Waals surface area (Å²) < 4.78 is 27.5. The molecule has 0 aliphatic rings. The predicted octanol–water partition coefficient (Wildman–Crippen LogP) is 2.58. The van der Waals surface area contributed by atoms with Gasteiger partial charge >= 0.3 is 0 Å². The van der Waals surface area contributed by atoms with E-state index >= 15 is 0 Å². The molecule has 106 valence electrons. The lowest BCUT2D eigenvalue weighted by Crippen LogP contribution is -2.15. The van der Waals surface area contributed by atoms with Gasteiger partial charge in [-0.1, -0.05) is 11.6 Å². The molecule has 0 bridgehead atoms. The van der Waals surface area contributed by atoms with Crippen LogP contribution in [0.1, 0.15) is 0 Å². The second kappa shape index (κ2) is 5.96. The molecule has 4 N–H and O–H groups in total. The fourth-order valence-corrected chi connectivity index (χ4v) is 3.17. The predicted molar refractivity (Wildman–Crippen MR) is 82.0 cm³/mol. The van der Waals surface area contributed by atoms with Gasteiger partial charge in [0, 0.05) is 21.8 Å². The maximum Gasteiger partial charge on any atom is 0.262 e. The van der Waals surface area contributed by atoms with Crippen molar-refractivity contribution in [1.29, 1.82) is 0 Å². The fourth-order valence-electron chi connectivity index (χ4n) is 1.44. The number of nitrogen functional groups attached to an aromatic ring is 1. The van der Waals surface area contributed by atoms with Gasteiger partial charge in [0.2, 0.25) is 0 Å². The molecule has 1 heterocycles. The number of aromatic nitrogens is 1. The molecule has 2 aromatic rings. The molecule has 0 saturated carbocycles. The molecule has 0 radical (unpaired) electrons. The third kappa shape index (κ3) is 3.40. The molecule has 0 fully saturated rings. The summed E-state index contributed by atoms with van der Waals surface area (Å²) >= 11 is 9.10. The van der Waals surface area contributed by atoms with Crippen molar-refractivity contribution >= 4 is 49.1 Å². The molecule has 2 rings (SSSR count). The van der Waals surface area contributed by atoms with Crippen molar-refractivity contribution in [3.63, 3.8) is 0 Å². The largest absolute Gasteiger partial charge is 0.308 e. The van der Waals surface area contributed by atoms with Crippen LogP contribution in [0.3, 0.4) is 0 Å². The minimum Gasteiger partial charge on any atom is -0.308 e. The highest BCUT2D eigenvalue weighted by molar-refractivity contribution is 9.10. The number of rotatable bonds is 4. The zero-order valence-corrected chi connectivity index (χ0v) is 13.1. The van der Waals surface area contributed by atoms with Crippen molar-refractivity contribution in [1.82, 2.24) is 4.98 Å². The van der Waals surface area contributed by atoms with Crippen LogP contribution in [0, 0.1) is 0 Å². The van der Waals surface area contributed by atoms with E-state index in [1.54, 1.807) is 12.1 Å². The summed E-state index contributed by atoms with van der Waals surface area (Å²) in [4.78, 5) is 3.89. The molecule has 0 atom stereocenters. The molecule has 0 unspecified atom stereocenters. The Morgan fingerprint density at radius 1 is 1.25 bits per heavy atom. The number of benzene rings is 1. The molecule has 20 heavy (non-hydrogen) atoms. The van der Waals surface area contributed by atoms with Gasteiger partial charge in [0.25, 0.3) is 10.0 Å². The SMILES string of the molecule is NNc1cc(S(=O)(=O)Nc2cc(Cl)ccc2Br)ccn1. The molecular formula is C11H10BrClN4O2S. The number of halogens is 2. The van der Waals surface area contributed by atoms with Gasteiger partial charge in [-0.2, -0.15) is 0 Å². The van der Waals surface area contributed by atoms with Crippen molar-refractivity contribution in [3.05, 3.63) is 46.0 Å². The minimum atomic E-state index is -3.76. The highest BCUT2D eigenvalue weighted by Crippen LogP contribution is 2.28. The maximum atomic E-state index is 12.3. The fraction of sp³-hybridized carbons (Fsp3) is 0. The number of hydrogen-bond donors (Lipinski definition) is 3. The number of nitrogens with two attached hydrogens (primary N) is 1. The summed E-state index contributed by atoms with van der Waals surface area (Å²) in [6, 6.07) is 7.49. The minimum absolute atomic E-state index is 0.0346.